The molecule has 0 amide bonds. The van der Waals surface area contributed by atoms with Crippen LogP contribution in [-0.4, -0.2) is 9.78 Å². The SMILES string of the molecule is CCCCc1nn(-c2ccc(F)cc2)cc1-c1ccc(Cl)cc1. The Hall–Kier alpha value is -2.13. The molecule has 0 aliphatic rings. The summed E-state index contributed by atoms with van der Waals surface area (Å²) >= 11 is 5.98. The van der Waals surface area contributed by atoms with E-state index in [0.29, 0.717) is 0 Å². The normalized spacial score (nSPS) is 10.9. The van der Waals surface area contributed by atoms with Crippen molar-refractivity contribution in [1.29, 1.82) is 0 Å². The molecule has 4 heteroatoms. The van der Waals surface area contributed by atoms with E-state index in [0.717, 1.165) is 46.8 Å². The second-order valence-electron chi connectivity index (χ2n) is 5.52. The second-order valence-corrected chi connectivity index (χ2v) is 5.96. The van der Waals surface area contributed by atoms with Gasteiger partial charge in [-0.2, -0.15) is 5.10 Å². The van der Waals surface area contributed by atoms with E-state index in [-0.39, 0.29) is 5.82 Å². The summed E-state index contributed by atoms with van der Waals surface area (Å²) in [5.74, 6) is -0.245. The van der Waals surface area contributed by atoms with Crippen LogP contribution < -0.4 is 0 Å². The Morgan fingerprint density at radius 3 is 2.39 bits per heavy atom. The summed E-state index contributed by atoms with van der Waals surface area (Å²) in [6.07, 6.45) is 5.12. The predicted octanol–water partition coefficient (Wildman–Crippen LogP) is 5.67. The van der Waals surface area contributed by atoms with Crippen LogP contribution in [0.15, 0.2) is 54.7 Å². The summed E-state index contributed by atoms with van der Waals surface area (Å²) in [6.45, 7) is 2.17. The molecule has 3 aromatic rings. The van der Waals surface area contributed by atoms with Crippen molar-refractivity contribution in [2.75, 3.05) is 0 Å². The van der Waals surface area contributed by atoms with Crippen LogP contribution in [0.5, 0.6) is 0 Å². The molecule has 0 spiro atoms. The van der Waals surface area contributed by atoms with Gasteiger partial charge in [-0.3, -0.25) is 0 Å². The third-order valence-corrected chi connectivity index (χ3v) is 4.06. The molecule has 2 aromatic carbocycles. The molecule has 1 heterocycles. The number of unbranched alkanes of at least 4 members (excludes halogenated alkanes) is 1. The molecule has 118 valence electrons. The Morgan fingerprint density at radius 1 is 1.04 bits per heavy atom. The van der Waals surface area contributed by atoms with Crippen LogP contribution in [0.1, 0.15) is 25.5 Å². The van der Waals surface area contributed by atoms with E-state index in [1.165, 1.54) is 12.1 Å². The molecule has 0 saturated carbocycles. The summed E-state index contributed by atoms with van der Waals surface area (Å²) in [5.41, 5.74) is 4.09. The fraction of sp³-hybridized carbons (Fsp3) is 0.211. The van der Waals surface area contributed by atoms with Gasteiger partial charge in [-0.25, -0.2) is 9.07 Å². The maximum atomic E-state index is 13.1. The number of rotatable bonds is 5. The number of aromatic nitrogens is 2. The van der Waals surface area contributed by atoms with Crippen LogP contribution in [0.3, 0.4) is 0 Å². The Kier molecular flexibility index (Phi) is 4.77. The Morgan fingerprint density at radius 2 is 1.74 bits per heavy atom. The third-order valence-electron chi connectivity index (χ3n) is 3.80. The molecular formula is C19H18ClFN2. The van der Waals surface area contributed by atoms with E-state index in [1.807, 2.05) is 35.1 Å². The van der Waals surface area contributed by atoms with Crippen molar-refractivity contribution >= 4 is 11.6 Å². The molecule has 2 nitrogen and oxygen atoms in total. The van der Waals surface area contributed by atoms with Crippen molar-refractivity contribution < 1.29 is 4.39 Å². The first-order chi connectivity index (χ1) is 11.2. The summed E-state index contributed by atoms with van der Waals surface area (Å²) in [5, 5.41) is 5.43. The number of hydrogen-bond donors (Lipinski definition) is 0. The first kappa shape index (κ1) is 15.8. The first-order valence-corrected chi connectivity index (χ1v) is 8.15. The van der Waals surface area contributed by atoms with Gasteiger partial charge < -0.3 is 0 Å². The summed E-state index contributed by atoms with van der Waals surface area (Å²) in [6, 6.07) is 14.1. The lowest BCUT2D eigenvalue weighted by Gasteiger charge is -2.01. The summed E-state index contributed by atoms with van der Waals surface area (Å²) in [7, 11) is 0. The lowest BCUT2D eigenvalue weighted by Crippen LogP contribution is -1.96. The lowest BCUT2D eigenvalue weighted by atomic mass is 10.0. The molecule has 0 atom stereocenters. The van der Waals surface area contributed by atoms with Gasteiger partial charge in [0.2, 0.25) is 0 Å². The minimum absolute atomic E-state index is 0.245. The number of aryl methyl sites for hydroxylation is 1. The molecule has 0 aliphatic heterocycles. The van der Waals surface area contributed by atoms with E-state index in [2.05, 4.69) is 6.92 Å². The molecule has 0 unspecified atom stereocenters. The van der Waals surface area contributed by atoms with Crippen molar-refractivity contribution in [3.63, 3.8) is 0 Å². The van der Waals surface area contributed by atoms with Gasteiger partial charge in [-0.15, -0.1) is 0 Å². The van der Waals surface area contributed by atoms with Gasteiger partial charge in [0.1, 0.15) is 5.82 Å². The fourth-order valence-electron chi connectivity index (χ4n) is 2.54. The monoisotopic (exact) mass is 328 g/mol. The number of nitrogens with zero attached hydrogens (tertiary/aromatic N) is 2. The van der Waals surface area contributed by atoms with Crippen molar-refractivity contribution in [1.82, 2.24) is 9.78 Å². The van der Waals surface area contributed by atoms with Crippen LogP contribution in [0.2, 0.25) is 5.02 Å². The average molecular weight is 329 g/mol. The van der Waals surface area contributed by atoms with E-state index in [4.69, 9.17) is 16.7 Å². The van der Waals surface area contributed by atoms with Crippen LogP contribution >= 0.6 is 11.6 Å². The molecule has 0 fully saturated rings. The second kappa shape index (κ2) is 6.97. The van der Waals surface area contributed by atoms with Crippen LogP contribution in [0.25, 0.3) is 16.8 Å². The van der Waals surface area contributed by atoms with Gasteiger partial charge >= 0.3 is 0 Å². The predicted molar refractivity (Wildman–Crippen MR) is 92.6 cm³/mol. The van der Waals surface area contributed by atoms with Crippen molar-refractivity contribution in [3.8, 4) is 16.8 Å². The van der Waals surface area contributed by atoms with Crippen LogP contribution in [0.4, 0.5) is 4.39 Å². The molecular weight excluding hydrogens is 311 g/mol. The van der Waals surface area contributed by atoms with Gasteiger partial charge in [0.15, 0.2) is 0 Å². The molecule has 0 radical (unpaired) electrons. The van der Waals surface area contributed by atoms with Crippen LogP contribution in [-0.2, 0) is 6.42 Å². The lowest BCUT2D eigenvalue weighted by molar-refractivity contribution is 0.627. The number of benzene rings is 2. The highest BCUT2D eigenvalue weighted by Gasteiger charge is 2.12. The maximum absolute atomic E-state index is 13.1. The van der Waals surface area contributed by atoms with Gasteiger partial charge in [0.25, 0.3) is 0 Å². The standard InChI is InChI=1S/C19H18ClFN2/c1-2-3-4-19-18(14-5-7-15(20)8-6-14)13-23(22-19)17-11-9-16(21)10-12-17/h5-13H,2-4H2,1H3. The zero-order valence-corrected chi connectivity index (χ0v) is 13.7. The minimum atomic E-state index is -0.245. The zero-order valence-electron chi connectivity index (χ0n) is 13.0. The van der Waals surface area contributed by atoms with Crippen molar-refractivity contribution in [2.45, 2.75) is 26.2 Å². The fourth-order valence-corrected chi connectivity index (χ4v) is 2.66. The Balaban J connectivity index is 2.02. The largest absolute Gasteiger partial charge is 0.240 e. The smallest absolute Gasteiger partial charge is 0.123 e. The molecule has 0 saturated heterocycles. The number of hydrogen-bond acceptors (Lipinski definition) is 1. The van der Waals surface area contributed by atoms with E-state index < -0.39 is 0 Å². The van der Waals surface area contributed by atoms with E-state index in [1.54, 1.807) is 12.1 Å². The molecule has 23 heavy (non-hydrogen) atoms. The summed E-state index contributed by atoms with van der Waals surface area (Å²) < 4.78 is 14.9. The molecule has 3 rings (SSSR count). The first-order valence-electron chi connectivity index (χ1n) is 7.78. The highest BCUT2D eigenvalue weighted by atomic mass is 35.5. The minimum Gasteiger partial charge on any atom is -0.240 e. The van der Waals surface area contributed by atoms with Gasteiger partial charge in [-0.05, 0) is 54.8 Å². The zero-order chi connectivity index (χ0) is 16.2. The molecule has 0 bridgehead atoms. The van der Waals surface area contributed by atoms with Crippen LogP contribution in [0, 0.1) is 5.82 Å². The highest BCUT2D eigenvalue weighted by Crippen LogP contribution is 2.27. The Labute approximate surface area is 140 Å². The topological polar surface area (TPSA) is 17.8 Å². The van der Waals surface area contributed by atoms with Crippen molar-refractivity contribution in [3.05, 3.63) is 71.3 Å². The van der Waals surface area contributed by atoms with Crippen molar-refractivity contribution in [2.24, 2.45) is 0 Å². The molecule has 1 aromatic heterocycles. The molecule has 0 aliphatic carbocycles. The highest BCUT2D eigenvalue weighted by molar-refractivity contribution is 6.30. The van der Waals surface area contributed by atoms with Gasteiger partial charge in [0.05, 0.1) is 11.4 Å². The average Bonchev–Trinajstić information content (AvgIpc) is 2.98. The van der Waals surface area contributed by atoms with E-state index >= 15 is 0 Å². The maximum Gasteiger partial charge on any atom is 0.123 e. The van der Waals surface area contributed by atoms with Gasteiger partial charge in [-0.1, -0.05) is 37.1 Å². The Bertz CT molecular complexity index is 776. The summed E-state index contributed by atoms with van der Waals surface area (Å²) in [4.78, 5) is 0. The van der Waals surface area contributed by atoms with E-state index in [9.17, 15) is 4.39 Å². The van der Waals surface area contributed by atoms with Gasteiger partial charge in [0, 0.05) is 16.8 Å². The third kappa shape index (κ3) is 3.62. The molecule has 0 N–H and O–H groups in total. The quantitative estimate of drug-likeness (QED) is 0.589. The number of halogens is 2.